The summed E-state index contributed by atoms with van der Waals surface area (Å²) in [5.74, 6) is 0. The first-order valence-electron chi connectivity index (χ1n) is 15.4. The molecule has 0 saturated heterocycles. The third-order valence-corrected chi connectivity index (χ3v) is 8.01. The molecule has 0 amide bonds. The summed E-state index contributed by atoms with van der Waals surface area (Å²) in [7, 11) is 0. The predicted molar refractivity (Wildman–Crippen MR) is 173 cm³/mol. The number of hydrogen-bond donors (Lipinski definition) is 2. The van der Waals surface area contributed by atoms with Crippen LogP contribution in [-0.2, 0) is 12.8 Å². The molecule has 2 nitrogen and oxygen atoms in total. The summed E-state index contributed by atoms with van der Waals surface area (Å²) in [6.07, 6.45) is 12.4. The van der Waals surface area contributed by atoms with Crippen LogP contribution in [0.25, 0.3) is 45.0 Å². The van der Waals surface area contributed by atoms with Crippen molar-refractivity contribution >= 4 is 0 Å². The van der Waals surface area contributed by atoms with Gasteiger partial charge in [-0.05, 0) is 77.3 Å². The van der Waals surface area contributed by atoms with Crippen LogP contribution in [0.2, 0.25) is 0 Å². The number of aryl methyl sites for hydroxylation is 2. The molecule has 0 spiro atoms. The van der Waals surface area contributed by atoms with Gasteiger partial charge in [-0.1, -0.05) is 131 Å². The molecule has 5 rings (SSSR count). The topological polar surface area (TPSA) is 31.6 Å². The maximum absolute atomic E-state index is 3.81. The van der Waals surface area contributed by atoms with E-state index in [4.69, 9.17) is 0 Å². The van der Waals surface area contributed by atoms with Crippen LogP contribution in [0, 0.1) is 0 Å². The second-order valence-corrected chi connectivity index (χ2v) is 11.1. The molecule has 0 aliphatic carbocycles. The second kappa shape index (κ2) is 14.0. The molecule has 206 valence electrons. The molecule has 0 fully saturated rings. The maximum atomic E-state index is 3.81. The van der Waals surface area contributed by atoms with Gasteiger partial charge in [0, 0.05) is 22.8 Å². The van der Waals surface area contributed by atoms with Crippen molar-refractivity contribution in [3.8, 4) is 45.0 Å². The highest BCUT2D eigenvalue weighted by Gasteiger charge is 2.15. The number of aromatic amines is 2. The molecular weight excluding hydrogens is 484 g/mol. The lowest BCUT2D eigenvalue weighted by Gasteiger charge is -2.05. The summed E-state index contributed by atoms with van der Waals surface area (Å²) in [5.41, 5.74) is 12.7. The number of H-pyrrole nitrogens is 2. The SMILES string of the molecule is CCCCCCc1cc(-c2cccc(-c3cc(CCCCCC)c(-c4ccccc4)[nH]3)c2)[nH]c1-c1ccccc1. The molecule has 0 saturated carbocycles. The molecule has 2 aromatic heterocycles. The normalized spacial score (nSPS) is 11.2. The number of unbranched alkanes of at least 4 members (excludes halogenated alkanes) is 6. The monoisotopic (exact) mass is 528 g/mol. The summed E-state index contributed by atoms with van der Waals surface area (Å²) in [5, 5.41) is 0. The van der Waals surface area contributed by atoms with Crippen LogP contribution in [0.5, 0.6) is 0 Å². The molecule has 0 bridgehead atoms. The molecule has 0 aliphatic rings. The van der Waals surface area contributed by atoms with Gasteiger partial charge in [0.15, 0.2) is 0 Å². The number of rotatable bonds is 14. The largest absolute Gasteiger partial charge is 0.354 e. The summed E-state index contributed by atoms with van der Waals surface area (Å²) < 4.78 is 0. The van der Waals surface area contributed by atoms with Gasteiger partial charge in [0.25, 0.3) is 0 Å². The third kappa shape index (κ3) is 6.86. The van der Waals surface area contributed by atoms with E-state index < -0.39 is 0 Å². The lowest BCUT2D eigenvalue weighted by Crippen LogP contribution is -1.88. The van der Waals surface area contributed by atoms with Gasteiger partial charge in [0.2, 0.25) is 0 Å². The van der Waals surface area contributed by atoms with Gasteiger partial charge >= 0.3 is 0 Å². The first kappa shape index (κ1) is 27.8. The van der Waals surface area contributed by atoms with E-state index in [1.807, 2.05) is 0 Å². The van der Waals surface area contributed by atoms with Gasteiger partial charge < -0.3 is 9.97 Å². The number of nitrogens with one attached hydrogen (secondary N) is 2. The molecule has 40 heavy (non-hydrogen) atoms. The van der Waals surface area contributed by atoms with Crippen LogP contribution in [0.1, 0.15) is 76.3 Å². The minimum absolute atomic E-state index is 1.11. The van der Waals surface area contributed by atoms with Crippen LogP contribution < -0.4 is 0 Å². The maximum Gasteiger partial charge on any atom is 0.0491 e. The van der Waals surface area contributed by atoms with Crippen LogP contribution in [0.3, 0.4) is 0 Å². The van der Waals surface area contributed by atoms with Crippen LogP contribution in [0.4, 0.5) is 0 Å². The van der Waals surface area contributed by atoms with E-state index in [2.05, 4.69) is 121 Å². The number of hydrogen-bond acceptors (Lipinski definition) is 0. The van der Waals surface area contributed by atoms with E-state index in [0.29, 0.717) is 0 Å². The molecule has 0 radical (unpaired) electrons. The van der Waals surface area contributed by atoms with Gasteiger partial charge in [0.05, 0.1) is 0 Å². The van der Waals surface area contributed by atoms with Gasteiger partial charge in [0.1, 0.15) is 0 Å². The standard InChI is InChI=1S/C38H44N2/c1-3-5-7-11-22-33-27-35(39-37(33)29-18-13-9-14-19-29)31-24-17-25-32(26-31)36-28-34(23-12-8-6-4-2)38(40-36)30-20-15-10-16-21-30/h9-10,13-21,24-28,39-40H,3-8,11-12,22-23H2,1-2H3. The molecule has 2 N–H and O–H groups in total. The Morgan fingerprint density at radius 2 is 0.850 bits per heavy atom. The Morgan fingerprint density at radius 3 is 1.27 bits per heavy atom. The molecule has 0 unspecified atom stereocenters. The smallest absolute Gasteiger partial charge is 0.0491 e. The zero-order valence-corrected chi connectivity index (χ0v) is 24.3. The highest BCUT2D eigenvalue weighted by molar-refractivity contribution is 5.77. The summed E-state index contributed by atoms with van der Waals surface area (Å²) in [6, 6.07) is 35.3. The molecule has 5 aromatic rings. The van der Waals surface area contributed by atoms with E-state index in [1.165, 1.54) is 108 Å². The summed E-state index contributed by atoms with van der Waals surface area (Å²) >= 11 is 0. The van der Waals surface area contributed by atoms with Crippen LogP contribution in [0.15, 0.2) is 97.1 Å². The average Bonchev–Trinajstić information content (AvgIpc) is 3.64. The molecule has 0 aliphatic heterocycles. The summed E-state index contributed by atoms with van der Waals surface area (Å²) in [4.78, 5) is 7.61. The third-order valence-electron chi connectivity index (χ3n) is 8.01. The molecule has 2 heteroatoms. The van der Waals surface area contributed by atoms with E-state index >= 15 is 0 Å². The van der Waals surface area contributed by atoms with E-state index in [0.717, 1.165) is 12.8 Å². The highest BCUT2D eigenvalue weighted by Crippen LogP contribution is 2.34. The van der Waals surface area contributed by atoms with E-state index in [9.17, 15) is 0 Å². The lowest BCUT2D eigenvalue weighted by molar-refractivity contribution is 0.667. The van der Waals surface area contributed by atoms with Crippen molar-refractivity contribution in [2.75, 3.05) is 0 Å². The van der Waals surface area contributed by atoms with Crippen molar-refractivity contribution in [1.82, 2.24) is 9.97 Å². The molecular formula is C38H44N2. The van der Waals surface area contributed by atoms with Crippen LogP contribution in [-0.4, -0.2) is 9.97 Å². The number of benzene rings is 3. The minimum Gasteiger partial charge on any atom is -0.354 e. The Balaban J connectivity index is 1.46. The Morgan fingerprint density at radius 1 is 0.425 bits per heavy atom. The zero-order valence-electron chi connectivity index (χ0n) is 24.3. The Bertz CT molecular complexity index is 1350. The lowest BCUT2D eigenvalue weighted by atomic mass is 10.0. The fraction of sp³-hybridized carbons (Fsp3) is 0.316. The Labute approximate surface area is 240 Å². The fourth-order valence-corrected chi connectivity index (χ4v) is 5.76. The van der Waals surface area contributed by atoms with Crippen molar-refractivity contribution in [3.63, 3.8) is 0 Å². The molecule has 3 aromatic carbocycles. The number of aromatic nitrogens is 2. The van der Waals surface area contributed by atoms with Gasteiger partial charge in [-0.25, -0.2) is 0 Å². The summed E-state index contributed by atoms with van der Waals surface area (Å²) in [6.45, 7) is 4.55. The van der Waals surface area contributed by atoms with Crippen molar-refractivity contribution in [2.45, 2.75) is 78.1 Å². The van der Waals surface area contributed by atoms with Crippen molar-refractivity contribution < 1.29 is 0 Å². The highest BCUT2D eigenvalue weighted by atomic mass is 14.7. The molecule has 0 atom stereocenters. The Hall–Kier alpha value is -3.78. The van der Waals surface area contributed by atoms with E-state index in [1.54, 1.807) is 0 Å². The average molecular weight is 529 g/mol. The minimum atomic E-state index is 1.11. The second-order valence-electron chi connectivity index (χ2n) is 11.1. The van der Waals surface area contributed by atoms with Crippen molar-refractivity contribution in [1.29, 1.82) is 0 Å². The Kier molecular flexibility index (Phi) is 9.74. The first-order valence-corrected chi connectivity index (χ1v) is 15.4. The van der Waals surface area contributed by atoms with Gasteiger partial charge in [-0.15, -0.1) is 0 Å². The predicted octanol–water partition coefficient (Wildman–Crippen LogP) is 11.3. The quantitative estimate of drug-likeness (QED) is 0.134. The fourth-order valence-electron chi connectivity index (χ4n) is 5.76. The zero-order chi connectivity index (χ0) is 27.6. The molecule has 2 heterocycles. The van der Waals surface area contributed by atoms with Crippen molar-refractivity contribution in [3.05, 3.63) is 108 Å². The van der Waals surface area contributed by atoms with Gasteiger partial charge in [-0.2, -0.15) is 0 Å². The van der Waals surface area contributed by atoms with Crippen molar-refractivity contribution in [2.24, 2.45) is 0 Å². The van der Waals surface area contributed by atoms with E-state index in [-0.39, 0.29) is 0 Å². The first-order chi connectivity index (χ1) is 19.8. The van der Waals surface area contributed by atoms with Gasteiger partial charge in [-0.3, -0.25) is 0 Å². The van der Waals surface area contributed by atoms with Crippen LogP contribution >= 0.6 is 0 Å².